The van der Waals surface area contributed by atoms with Gasteiger partial charge in [0.25, 0.3) is 11.8 Å². The maximum atomic E-state index is 12.5. The third kappa shape index (κ3) is 4.91. The van der Waals surface area contributed by atoms with E-state index >= 15 is 0 Å². The summed E-state index contributed by atoms with van der Waals surface area (Å²) in [7, 11) is 0. The molecule has 1 aromatic heterocycles. The summed E-state index contributed by atoms with van der Waals surface area (Å²) in [4.78, 5) is 24.0. The van der Waals surface area contributed by atoms with Gasteiger partial charge in [0.2, 0.25) is 0 Å². The molecule has 8 heteroatoms. The fourth-order valence-corrected chi connectivity index (χ4v) is 2.86. The van der Waals surface area contributed by atoms with E-state index in [2.05, 4.69) is 5.32 Å². The van der Waals surface area contributed by atoms with Crippen molar-refractivity contribution in [3.05, 3.63) is 40.2 Å². The highest BCUT2D eigenvalue weighted by molar-refractivity contribution is 6.19. The molecule has 1 aliphatic rings. The molecular formula is C20H22F3N3O2. The van der Waals surface area contributed by atoms with Crippen molar-refractivity contribution in [3.63, 3.8) is 0 Å². The second kappa shape index (κ2) is 7.66. The van der Waals surface area contributed by atoms with Gasteiger partial charge in [-0.25, -0.2) is 0 Å². The van der Waals surface area contributed by atoms with Crippen LogP contribution in [-0.2, 0) is 21.5 Å². The maximum absolute atomic E-state index is 12.5. The number of carbonyl (C=O) groups is 2. The molecule has 2 amide bonds. The van der Waals surface area contributed by atoms with Crippen molar-refractivity contribution in [3.8, 4) is 6.07 Å². The van der Waals surface area contributed by atoms with Crippen LogP contribution in [-0.4, -0.2) is 22.6 Å². The summed E-state index contributed by atoms with van der Waals surface area (Å²) in [6.07, 6.45) is -1.95. The Morgan fingerprint density at radius 3 is 2.39 bits per heavy atom. The first-order chi connectivity index (χ1) is 12.8. The lowest BCUT2D eigenvalue weighted by Crippen LogP contribution is -2.37. The number of rotatable bonds is 4. The molecule has 28 heavy (non-hydrogen) atoms. The highest BCUT2D eigenvalue weighted by Gasteiger charge is 2.29. The number of imide groups is 1. The molecule has 0 unspecified atom stereocenters. The monoisotopic (exact) mass is 393 g/mol. The number of halogens is 3. The van der Waals surface area contributed by atoms with Crippen LogP contribution < -0.4 is 5.32 Å². The van der Waals surface area contributed by atoms with Crippen LogP contribution in [0.5, 0.6) is 0 Å². The van der Waals surface area contributed by atoms with Gasteiger partial charge in [-0.1, -0.05) is 20.8 Å². The van der Waals surface area contributed by atoms with Gasteiger partial charge in [0.15, 0.2) is 0 Å². The summed E-state index contributed by atoms with van der Waals surface area (Å²) in [5.74, 6) is -1.39. The average molecular weight is 393 g/mol. The molecule has 2 heterocycles. The van der Waals surface area contributed by atoms with E-state index in [1.165, 1.54) is 13.0 Å². The zero-order valence-electron chi connectivity index (χ0n) is 16.2. The SMILES string of the molecule is CC1=C(C#N)C(=O)NC(=O)/C1=C/c1cc(C(C)(C)C)cn1CCCC(F)(F)F. The van der Waals surface area contributed by atoms with Gasteiger partial charge in [0, 0.05) is 30.4 Å². The predicted octanol–water partition coefficient (Wildman–Crippen LogP) is 4.01. The first-order valence-electron chi connectivity index (χ1n) is 8.79. The third-order valence-electron chi connectivity index (χ3n) is 4.54. The van der Waals surface area contributed by atoms with Gasteiger partial charge >= 0.3 is 6.18 Å². The van der Waals surface area contributed by atoms with Gasteiger partial charge in [-0.05, 0) is 42.0 Å². The highest BCUT2D eigenvalue weighted by atomic mass is 19.4. The minimum Gasteiger partial charge on any atom is -0.348 e. The minimum absolute atomic E-state index is 0.0963. The fraction of sp³-hybridized carbons (Fsp3) is 0.450. The molecule has 150 valence electrons. The molecule has 0 saturated heterocycles. The Morgan fingerprint density at radius 2 is 1.86 bits per heavy atom. The van der Waals surface area contributed by atoms with E-state index in [1.807, 2.05) is 26.8 Å². The molecule has 0 aromatic carbocycles. The number of hydrogen-bond acceptors (Lipinski definition) is 3. The summed E-state index contributed by atoms with van der Waals surface area (Å²) < 4.78 is 39.2. The highest BCUT2D eigenvalue weighted by Crippen LogP contribution is 2.29. The molecular weight excluding hydrogens is 371 g/mol. The van der Waals surface area contributed by atoms with Crippen molar-refractivity contribution >= 4 is 17.9 Å². The van der Waals surface area contributed by atoms with E-state index in [-0.39, 0.29) is 35.1 Å². The molecule has 2 rings (SSSR count). The standard InChI is InChI=1S/C20H22F3N3O2/c1-12-15(17(27)25-18(28)16(12)10-24)9-14-8-13(19(2,3)4)11-26(14)7-5-6-20(21,22)23/h8-9,11H,5-7H2,1-4H3,(H,25,27,28)/b15-9+. The van der Waals surface area contributed by atoms with E-state index < -0.39 is 24.4 Å². The summed E-state index contributed by atoms with van der Waals surface area (Å²) in [6, 6.07) is 3.59. The molecule has 1 N–H and O–H groups in total. The Labute approximate surface area is 161 Å². The molecule has 0 aliphatic carbocycles. The van der Waals surface area contributed by atoms with Crippen LogP contribution in [0.15, 0.2) is 29.0 Å². The number of amides is 2. The molecule has 0 spiro atoms. The van der Waals surface area contributed by atoms with Crippen LogP contribution in [0.2, 0.25) is 0 Å². The lowest BCUT2D eigenvalue weighted by Gasteiger charge is -2.16. The van der Waals surface area contributed by atoms with Crippen molar-refractivity contribution in [2.75, 3.05) is 0 Å². The first kappa shape index (κ1) is 21.5. The number of aryl methyl sites for hydroxylation is 1. The summed E-state index contributed by atoms with van der Waals surface area (Å²) in [5, 5.41) is 11.3. The second-order valence-corrected chi connectivity index (χ2v) is 7.77. The van der Waals surface area contributed by atoms with Crippen molar-refractivity contribution in [1.82, 2.24) is 9.88 Å². The number of carbonyl (C=O) groups excluding carboxylic acids is 2. The molecule has 5 nitrogen and oxygen atoms in total. The van der Waals surface area contributed by atoms with E-state index in [1.54, 1.807) is 16.8 Å². The van der Waals surface area contributed by atoms with E-state index in [4.69, 9.17) is 5.26 Å². The maximum Gasteiger partial charge on any atom is 0.389 e. The number of alkyl halides is 3. The van der Waals surface area contributed by atoms with Crippen molar-refractivity contribution in [2.24, 2.45) is 0 Å². The summed E-state index contributed by atoms with van der Waals surface area (Å²) in [5.41, 5.74) is 1.44. The molecule has 0 saturated carbocycles. The Kier molecular flexibility index (Phi) is 5.88. The van der Waals surface area contributed by atoms with Gasteiger partial charge in [-0.15, -0.1) is 0 Å². The Bertz CT molecular complexity index is 907. The normalized spacial score (nSPS) is 17.1. The van der Waals surface area contributed by atoms with Gasteiger partial charge < -0.3 is 4.57 Å². The van der Waals surface area contributed by atoms with Crippen LogP contribution in [0.25, 0.3) is 6.08 Å². The third-order valence-corrected chi connectivity index (χ3v) is 4.54. The van der Waals surface area contributed by atoms with Crippen molar-refractivity contribution < 1.29 is 22.8 Å². The smallest absolute Gasteiger partial charge is 0.348 e. The zero-order valence-corrected chi connectivity index (χ0v) is 16.2. The van der Waals surface area contributed by atoms with Crippen LogP contribution in [0.3, 0.4) is 0 Å². The predicted molar refractivity (Wildman–Crippen MR) is 97.9 cm³/mol. The molecule has 0 bridgehead atoms. The number of nitriles is 1. The lowest BCUT2D eigenvalue weighted by molar-refractivity contribution is -0.136. The Hall–Kier alpha value is -2.82. The molecule has 1 aromatic rings. The number of nitrogens with zero attached hydrogens (tertiary/aromatic N) is 2. The first-order valence-corrected chi connectivity index (χ1v) is 8.79. The lowest BCUT2D eigenvalue weighted by atomic mass is 9.89. The fourth-order valence-electron chi connectivity index (χ4n) is 2.86. The average Bonchev–Trinajstić information content (AvgIpc) is 2.93. The van der Waals surface area contributed by atoms with Crippen LogP contribution in [0.4, 0.5) is 13.2 Å². The minimum atomic E-state index is -4.23. The van der Waals surface area contributed by atoms with E-state index in [9.17, 15) is 22.8 Å². The van der Waals surface area contributed by atoms with Crippen molar-refractivity contribution in [2.45, 2.75) is 58.7 Å². The molecule has 0 atom stereocenters. The molecule has 1 aliphatic heterocycles. The Balaban J connectivity index is 2.48. The summed E-state index contributed by atoms with van der Waals surface area (Å²) in [6.45, 7) is 7.56. The van der Waals surface area contributed by atoms with Crippen molar-refractivity contribution in [1.29, 1.82) is 5.26 Å². The largest absolute Gasteiger partial charge is 0.389 e. The number of aromatic nitrogens is 1. The van der Waals surface area contributed by atoms with Gasteiger partial charge in [-0.3, -0.25) is 14.9 Å². The molecule has 0 radical (unpaired) electrons. The topological polar surface area (TPSA) is 74.9 Å². The van der Waals surface area contributed by atoms with Gasteiger partial charge in [0.05, 0.1) is 0 Å². The zero-order chi connectivity index (χ0) is 21.3. The van der Waals surface area contributed by atoms with Crippen LogP contribution in [0.1, 0.15) is 51.8 Å². The number of nitrogens with one attached hydrogen (secondary N) is 1. The van der Waals surface area contributed by atoms with E-state index in [0.717, 1.165) is 5.56 Å². The van der Waals surface area contributed by atoms with Crippen LogP contribution in [0, 0.1) is 11.3 Å². The summed E-state index contributed by atoms with van der Waals surface area (Å²) >= 11 is 0. The quantitative estimate of drug-likeness (QED) is 0.620. The second-order valence-electron chi connectivity index (χ2n) is 7.77. The Morgan fingerprint density at radius 1 is 1.21 bits per heavy atom. The van der Waals surface area contributed by atoms with Crippen LogP contribution >= 0.6 is 0 Å². The molecule has 0 fully saturated rings. The van der Waals surface area contributed by atoms with E-state index in [0.29, 0.717) is 5.69 Å². The number of hydrogen-bond donors (Lipinski definition) is 1. The van der Waals surface area contributed by atoms with Gasteiger partial charge in [0.1, 0.15) is 11.6 Å². The van der Waals surface area contributed by atoms with Gasteiger partial charge in [-0.2, -0.15) is 18.4 Å².